The molecule has 0 saturated carbocycles. The Kier molecular flexibility index (Phi) is 4.73. The van der Waals surface area contributed by atoms with E-state index in [-0.39, 0.29) is 0 Å². The van der Waals surface area contributed by atoms with Crippen molar-refractivity contribution in [3.63, 3.8) is 0 Å². The SMILES string of the molecule is [CH2]CC/C=C/C(C)C. The average Bonchev–Trinajstić information content (AvgIpc) is 1.66. The van der Waals surface area contributed by atoms with Crippen molar-refractivity contribution >= 4 is 0 Å². The molecule has 0 saturated heterocycles. The van der Waals surface area contributed by atoms with Gasteiger partial charge in [0.1, 0.15) is 0 Å². The van der Waals surface area contributed by atoms with E-state index in [1.165, 1.54) is 0 Å². The zero-order valence-corrected chi connectivity index (χ0v) is 5.85. The number of hydrogen-bond donors (Lipinski definition) is 0. The van der Waals surface area contributed by atoms with Crippen LogP contribution in [-0.4, -0.2) is 0 Å². The van der Waals surface area contributed by atoms with Crippen molar-refractivity contribution in [3.8, 4) is 0 Å². The fourth-order valence-electron chi connectivity index (χ4n) is 0.486. The van der Waals surface area contributed by atoms with Gasteiger partial charge in [0.15, 0.2) is 0 Å². The van der Waals surface area contributed by atoms with Crippen molar-refractivity contribution in [1.82, 2.24) is 0 Å². The van der Waals surface area contributed by atoms with E-state index in [2.05, 4.69) is 32.9 Å². The lowest BCUT2D eigenvalue weighted by molar-refractivity contribution is 0.823. The van der Waals surface area contributed by atoms with Crippen LogP contribution in [0.2, 0.25) is 0 Å². The predicted octanol–water partition coefficient (Wildman–Crippen LogP) is 2.81. The summed E-state index contributed by atoms with van der Waals surface area (Å²) in [5.41, 5.74) is 0. The molecule has 0 aromatic heterocycles. The monoisotopic (exact) mass is 111 g/mol. The van der Waals surface area contributed by atoms with Gasteiger partial charge in [-0.15, -0.1) is 0 Å². The first-order valence-electron chi connectivity index (χ1n) is 3.23. The molecule has 0 fully saturated rings. The molecule has 0 rings (SSSR count). The summed E-state index contributed by atoms with van der Waals surface area (Å²) in [6.07, 6.45) is 6.55. The molecule has 8 heavy (non-hydrogen) atoms. The molecule has 0 nitrogen and oxygen atoms in total. The van der Waals surface area contributed by atoms with Gasteiger partial charge in [0.2, 0.25) is 0 Å². The van der Waals surface area contributed by atoms with Crippen LogP contribution in [0.15, 0.2) is 12.2 Å². The van der Waals surface area contributed by atoms with Crippen molar-refractivity contribution in [1.29, 1.82) is 0 Å². The summed E-state index contributed by atoms with van der Waals surface area (Å²) in [6, 6.07) is 0. The van der Waals surface area contributed by atoms with Crippen LogP contribution in [-0.2, 0) is 0 Å². The van der Waals surface area contributed by atoms with Crippen LogP contribution in [0.1, 0.15) is 26.7 Å². The summed E-state index contributed by atoms with van der Waals surface area (Å²) in [5, 5.41) is 0. The van der Waals surface area contributed by atoms with E-state index in [1.54, 1.807) is 0 Å². The fraction of sp³-hybridized carbons (Fsp3) is 0.625. The third kappa shape index (κ3) is 5.74. The highest BCUT2D eigenvalue weighted by Crippen LogP contribution is 1.96. The minimum Gasteiger partial charge on any atom is -0.0883 e. The third-order valence-electron chi connectivity index (χ3n) is 0.892. The first-order valence-corrected chi connectivity index (χ1v) is 3.23. The first-order chi connectivity index (χ1) is 3.77. The Hall–Kier alpha value is -0.260. The van der Waals surface area contributed by atoms with E-state index in [4.69, 9.17) is 0 Å². The first kappa shape index (κ1) is 7.74. The van der Waals surface area contributed by atoms with Crippen LogP contribution in [0.25, 0.3) is 0 Å². The fourth-order valence-corrected chi connectivity index (χ4v) is 0.486. The molecule has 47 valence electrons. The van der Waals surface area contributed by atoms with Gasteiger partial charge in [0.25, 0.3) is 0 Å². The van der Waals surface area contributed by atoms with Crippen molar-refractivity contribution in [3.05, 3.63) is 19.1 Å². The van der Waals surface area contributed by atoms with Crippen LogP contribution >= 0.6 is 0 Å². The maximum atomic E-state index is 3.73. The van der Waals surface area contributed by atoms with Crippen LogP contribution < -0.4 is 0 Å². The van der Waals surface area contributed by atoms with E-state index >= 15 is 0 Å². The summed E-state index contributed by atoms with van der Waals surface area (Å²) >= 11 is 0. The molecule has 0 unspecified atom stereocenters. The smallest absolute Gasteiger partial charge is 0.0290 e. The lowest BCUT2D eigenvalue weighted by atomic mass is 10.2. The molecular formula is C8H15. The van der Waals surface area contributed by atoms with Gasteiger partial charge in [0.05, 0.1) is 0 Å². The van der Waals surface area contributed by atoms with Gasteiger partial charge in [0, 0.05) is 0 Å². The van der Waals surface area contributed by atoms with Crippen molar-refractivity contribution in [2.45, 2.75) is 26.7 Å². The van der Waals surface area contributed by atoms with Crippen LogP contribution in [0.5, 0.6) is 0 Å². The third-order valence-corrected chi connectivity index (χ3v) is 0.892. The molecule has 0 heteroatoms. The van der Waals surface area contributed by atoms with Gasteiger partial charge < -0.3 is 0 Å². The Morgan fingerprint density at radius 1 is 1.50 bits per heavy atom. The van der Waals surface area contributed by atoms with Crippen LogP contribution in [0.3, 0.4) is 0 Å². The molecule has 0 spiro atoms. The lowest BCUT2D eigenvalue weighted by Gasteiger charge is -1.90. The minimum absolute atomic E-state index is 0.696. The highest BCUT2D eigenvalue weighted by atomic mass is 13.9. The zero-order valence-electron chi connectivity index (χ0n) is 5.85. The zero-order chi connectivity index (χ0) is 6.41. The summed E-state index contributed by atoms with van der Waals surface area (Å²) in [7, 11) is 0. The second-order valence-corrected chi connectivity index (χ2v) is 2.31. The Labute approximate surface area is 52.6 Å². The van der Waals surface area contributed by atoms with Crippen molar-refractivity contribution in [2.24, 2.45) is 5.92 Å². The van der Waals surface area contributed by atoms with Gasteiger partial charge in [-0.2, -0.15) is 0 Å². The molecular weight excluding hydrogens is 96.1 g/mol. The predicted molar refractivity (Wildman–Crippen MR) is 38.6 cm³/mol. The summed E-state index contributed by atoms with van der Waals surface area (Å²) in [6.45, 7) is 8.09. The van der Waals surface area contributed by atoms with Gasteiger partial charge >= 0.3 is 0 Å². The number of allylic oxidation sites excluding steroid dienone is 2. The molecule has 0 aliphatic heterocycles. The van der Waals surface area contributed by atoms with Crippen LogP contribution in [0.4, 0.5) is 0 Å². The molecule has 0 atom stereocenters. The Morgan fingerprint density at radius 3 is 2.50 bits per heavy atom. The Bertz CT molecular complexity index is 60.4. The molecule has 0 bridgehead atoms. The quantitative estimate of drug-likeness (QED) is 0.491. The minimum atomic E-state index is 0.696. The second-order valence-electron chi connectivity index (χ2n) is 2.31. The standard InChI is InChI=1S/C8H15/c1-4-5-6-7-8(2)3/h6-8H,1,4-5H2,2-3H3/b7-6+. The number of hydrogen-bond acceptors (Lipinski definition) is 0. The van der Waals surface area contributed by atoms with Crippen molar-refractivity contribution < 1.29 is 0 Å². The van der Waals surface area contributed by atoms with Gasteiger partial charge in [-0.25, -0.2) is 0 Å². The lowest BCUT2D eigenvalue weighted by Crippen LogP contribution is -1.75. The molecule has 1 radical (unpaired) electrons. The van der Waals surface area contributed by atoms with Gasteiger partial charge in [-0.05, 0) is 18.8 Å². The van der Waals surface area contributed by atoms with E-state index in [0.29, 0.717) is 5.92 Å². The Morgan fingerprint density at radius 2 is 2.12 bits per heavy atom. The average molecular weight is 111 g/mol. The summed E-state index contributed by atoms with van der Waals surface area (Å²) in [5.74, 6) is 0.696. The highest BCUT2D eigenvalue weighted by Gasteiger charge is 1.80. The molecule has 0 heterocycles. The van der Waals surface area contributed by atoms with E-state index in [0.717, 1.165) is 12.8 Å². The maximum Gasteiger partial charge on any atom is -0.0290 e. The molecule has 0 amide bonds. The largest absolute Gasteiger partial charge is 0.0883 e. The van der Waals surface area contributed by atoms with Gasteiger partial charge in [-0.1, -0.05) is 32.9 Å². The second kappa shape index (κ2) is 4.89. The normalized spacial score (nSPS) is 11.5. The summed E-state index contributed by atoms with van der Waals surface area (Å²) < 4.78 is 0. The molecule has 0 aliphatic carbocycles. The van der Waals surface area contributed by atoms with Crippen molar-refractivity contribution in [2.75, 3.05) is 0 Å². The molecule has 0 aromatic carbocycles. The van der Waals surface area contributed by atoms with Crippen LogP contribution in [0, 0.1) is 12.8 Å². The van der Waals surface area contributed by atoms with E-state index in [9.17, 15) is 0 Å². The maximum absolute atomic E-state index is 3.73. The topological polar surface area (TPSA) is 0 Å². The van der Waals surface area contributed by atoms with Gasteiger partial charge in [-0.3, -0.25) is 0 Å². The molecule has 0 N–H and O–H groups in total. The molecule has 0 aromatic rings. The summed E-state index contributed by atoms with van der Waals surface area (Å²) in [4.78, 5) is 0. The van der Waals surface area contributed by atoms with E-state index in [1.807, 2.05) is 0 Å². The number of unbranched alkanes of at least 4 members (excludes halogenated alkanes) is 1. The molecule has 0 aliphatic rings. The highest BCUT2D eigenvalue weighted by molar-refractivity contribution is 4.84. The van der Waals surface area contributed by atoms with E-state index < -0.39 is 0 Å². The number of rotatable bonds is 3. The Balaban J connectivity index is 3.07.